The highest BCUT2D eigenvalue weighted by Gasteiger charge is 2.12. The van der Waals surface area contributed by atoms with E-state index in [0.29, 0.717) is 24.5 Å². The van der Waals surface area contributed by atoms with Gasteiger partial charge < -0.3 is 10.5 Å². The van der Waals surface area contributed by atoms with Crippen LogP contribution in [0.3, 0.4) is 0 Å². The summed E-state index contributed by atoms with van der Waals surface area (Å²) in [6.45, 7) is 4.21. The molecule has 0 atom stereocenters. The molecule has 18 heavy (non-hydrogen) atoms. The highest BCUT2D eigenvalue weighted by molar-refractivity contribution is 7.91. The molecule has 0 aliphatic rings. The maximum Gasteiger partial charge on any atom is 0.150 e. The number of nitrogens with two attached hydrogens (primary N) is 1. The fourth-order valence-corrected chi connectivity index (χ4v) is 3.36. The van der Waals surface area contributed by atoms with Crippen molar-refractivity contribution in [2.24, 2.45) is 5.92 Å². The van der Waals surface area contributed by atoms with Gasteiger partial charge in [-0.05, 0) is 36.6 Å². The Kier molecular flexibility index (Phi) is 5.47. The molecule has 5 heteroatoms. The summed E-state index contributed by atoms with van der Waals surface area (Å²) in [5.41, 5.74) is 6.23. The van der Waals surface area contributed by atoms with Crippen molar-refractivity contribution in [3.63, 3.8) is 0 Å². The van der Waals surface area contributed by atoms with Crippen LogP contribution in [0.25, 0.3) is 0 Å². The first-order chi connectivity index (χ1) is 8.39. The van der Waals surface area contributed by atoms with Crippen molar-refractivity contribution >= 4 is 15.5 Å². The maximum atomic E-state index is 11.6. The summed E-state index contributed by atoms with van der Waals surface area (Å²) >= 11 is 0. The van der Waals surface area contributed by atoms with E-state index < -0.39 is 9.84 Å². The van der Waals surface area contributed by atoms with Crippen LogP contribution in [0, 0.1) is 5.92 Å². The second-order valence-electron chi connectivity index (χ2n) is 4.78. The van der Waals surface area contributed by atoms with E-state index in [1.165, 1.54) is 0 Å². The highest BCUT2D eigenvalue weighted by atomic mass is 32.2. The molecule has 0 aromatic heterocycles. The van der Waals surface area contributed by atoms with E-state index in [0.717, 1.165) is 0 Å². The number of sulfone groups is 1. The van der Waals surface area contributed by atoms with Crippen LogP contribution in [-0.2, 0) is 9.84 Å². The van der Waals surface area contributed by atoms with Gasteiger partial charge in [-0.1, -0.05) is 13.8 Å². The molecule has 1 aromatic carbocycles. The van der Waals surface area contributed by atoms with Gasteiger partial charge in [-0.3, -0.25) is 0 Å². The highest BCUT2D eigenvalue weighted by Crippen LogP contribution is 2.13. The average Bonchev–Trinajstić information content (AvgIpc) is 2.25. The molecule has 0 bridgehead atoms. The fraction of sp³-hybridized carbons (Fsp3) is 0.538. The molecule has 0 saturated carbocycles. The number of rotatable bonds is 7. The monoisotopic (exact) mass is 271 g/mol. The predicted molar refractivity (Wildman–Crippen MR) is 74.5 cm³/mol. The minimum Gasteiger partial charge on any atom is -0.494 e. The van der Waals surface area contributed by atoms with Gasteiger partial charge in [-0.15, -0.1) is 0 Å². The Morgan fingerprint density at radius 2 is 1.83 bits per heavy atom. The molecule has 0 aliphatic carbocycles. The molecule has 0 amide bonds. The van der Waals surface area contributed by atoms with Crippen molar-refractivity contribution < 1.29 is 13.2 Å². The minimum atomic E-state index is -2.94. The number of hydrogen-bond donors (Lipinski definition) is 1. The third kappa shape index (κ3) is 5.91. The predicted octanol–water partition coefficient (Wildman–Crippen LogP) is 2.11. The van der Waals surface area contributed by atoms with Crippen LogP contribution in [0.4, 0.5) is 5.69 Å². The van der Waals surface area contributed by atoms with E-state index >= 15 is 0 Å². The Labute approximate surface area is 109 Å². The zero-order chi connectivity index (χ0) is 13.6. The fourth-order valence-electron chi connectivity index (χ4n) is 1.62. The molecule has 0 radical (unpaired) electrons. The first-order valence-electron chi connectivity index (χ1n) is 6.08. The van der Waals surface area contributed by atoms with Crippen LogP contribution >= 0.6 is 0 Å². The summed E-state index contributed by atoms with van der Waals surface area (Å²) < 4.78 is 28.7. The lowest BCUT2D eigenvalue weighted by atomic mass is 10.3. The number of benzene rings is 1. The Morgan fingerprint density at radius 1 is 1.22 bits per heavy atom. The molecule has 0 unspecified atom stereocenters. The topological polar surface area (TPSA) is 69.4 Å². The van der Waals surface area contributed by atoms with Crippen molar-refractivity contribution in [3.05, 3.63) is 24.3 Å². The van der Waals surface area contributed by atoms with E-state index in [1.54, 1.807) is 24.3 Å². The molecule has 0 heterocycles. The summed E-state index contributed by atoms with van der Waals surface area (Å²) in [5, 5.41) is 0. The van der Waals surface area contributed by atoms with Crippen LogP contribution in [0.5, 0.6) is 5.75 Å². The zero-order valence-electron chi connectivity index (χ0n) is 10.9. The third-order valence-corrected chi connectivity index (χ3v) is 4.42. The summed E-state index contributed by atoms with van der Waals surface area (Å²) in [6.07, 6.45) is 0.513. The number of anilines is 1. The SMILES string of the molecule is CC(C)CS(=O)(=O)CCCOc1ccc(N)cc1. The lowest BCUT2D eigenvalue weighted by molar-refractivity contribution is 0.317. The molecule has 1 rings (SSSR count). The van der Waals surface area contributed by atoms with Crippen LogP contribution < -0.4 is 10.5 Å². The van der Waals surface area contributed by atoms with Gasteiger partial charge in [-0.25, -0.2) is 8.42 Å². The van der Waals surface area contributed by atoms with E-state index in [4.69, 9.17) is 10.5 Å². The van der Waals surface area contributed by atoms with Gasteiger partial charge in [-0.2, -0.15) is 0 Å². The summed E-state index contributed by atoms with van der Waals surface area (Å²) in [6, 6.07) is 7.06. The third-order valence-electron chi connectivity index (χ3n) is 2.34. The van der Waals surface area contributed by atoms with Gasteiger partial charge in [0.05, 0.1) is 18.1 Å². The van der Waals surface area contributed by atoms with Gasteiger partial charge in [0, 0.05) is 5.69 Å². The van der Waals surface area contributed by atoms with Gasteiger partial charge in [0.15, 0.2) is 9.84 Å². The molecule has 0 fully saturated rings. The van der Waals surface area contributed by atoms with Gasteiger partial charge in [0.25, 0.3) is 0 Å². The Bertz CT molecular complexity index is 452. The van der Waals surface area contributed by atoms with Crippen LogP contribution in [0.1, 0.15) is 20.3 Å². The van der Waals surface area contributed by atoms with Gasteiger partial charge >= 0.3 is 0 Å². The van der Waals surface area contributed by atoms with E-state index in [-0.39, 0.29) is 17.4 Å². The second kappa shape index (κ2) is 6.64. The molecule has 4 nitrogen and oxygen atoms in total. The maximum absolute atomic E-state index is 11.6. The first-order valence-corrected chi connectivity index (χ1v) is 7.90. The second-order valence-corrected chi connectivity index (χ2v) is 7.01. The molecule has 102 valence electrons. The largest absolute Gasteiger partial charge is 0.494 e. The van der Waals surface area contributed by atoms with Crippen molar-refractivity contribution in [2.45, 2.75) is 20.3 Å². The van der Waals surface area contributed by atoms with Crippen molar-refractivity contribution in [1.29, 1.82) is 0 Å². The minimum absolute atomic E-state index is 0.174. The van der Waals surface area contributed by atoms with Crippen molar-refractivity contribution in [3.8, 4) is 5.75 Å². The van der Waals surface area contributed by atoms with E-state index in [1.807, 2.05) is 13.8 Å². The molecule has 0 saturated heterocycles. The first kappa shape index (κ1) is 14.8. The van der Waals surface area contributed by atoms with Gasteiger partial charge in [0.1, 0.15) is 5.75 Å². The van der Waals surface area contributed by atoms with Crippen molar-refractivity contribution in [1.82, 2.24) is 0 Å². The summed E-state index contributed by atoms with van der Waals surface area (Å²) in [7, 11) is -2.94. The van der Waals surface area contributed by atoms with E-state index in [2.05, 4.69) is 0 Å². The normalized spacial score (nSPS) is 11.7. The summed E-state index contributed by atoms with van der Waals surface area (Å²) in [5.74, 6) is 1.31. The standard InChI is InChI=1S/C13H21NO3S/c1-11(2)10-18(15,16)9-3-8-17-13-6-4-12(14)5-7-13/h4-7,11H,3,8-10,14H2,1-2H3. The smallest absolute Gasteiger partial charge is 0.150 e. The number of ether oxygens (including phenoxy) is 1. The Balaban J connectivity index is 2.28. The van der Waals surface area contributed by atoms with Crippen molar-refractivity contribution in [2.75, 3.05) is 23.8 Å². The Morgan fingerprint density at radius 3 is 2.39 bits per heavy atom. The lowest BCUT2D eigenvalue weighted by Gasteiger charge is -2.08. The Hall–Kier alpha value is -1.23. The molecule has 0 spiro atoms. The van der Waals surface area contributed by atoms with Crippen LogP contribution in [-0.4, -0.2) is 26.5 Å². The number of nitrogen functional groups attached to an aromatic ring is 1. The summed E-state index contributed by atoms with van der Waals surface area (Å²) in [4.78, 5) is 0. The molecular weight excluding hydrogens is 250 g/mol. The van der Waals surface area contributed by atoms with Crippen LogP contribution in [0.2, 0.25) is 0 Å². The van der Waals surface area contributed by atoms with Crippen LogP contribution in [0.15, 0.2) is 24.3 Å². The molecule has 2 N–H and O–H groups in total. The lowest BCUT2D eigenvalue weighted by Crippen LogP contribution is -2.17. The number of hydrogen-bond acceptors (Lipinski definition) is 4. The zero-order valence-corrected chi connectivity index (χ0v) is 11.7. The molecular formula is C13H21NO3S. The molecule has 1 aromatic rings. The quantitative estimate of drug-likeness (QED) is 0.609. The van der Waals surface area contributed by atoms with E-state index in [9.17, 15) is 8.42 Å². The molecule has 0 aliphatic heterocycles. The average molecular weight is 271 g/mol. The van der Waals surface area contributed by atoms with Gasteiger partial charge in [0.2, 0.25) is 0 Å².